The summed E-state index contributed by atoms with van der Waals surface area (Å²) in [5.74, 6) is 0. The van der Waals surface area contributed by atoms with E-state index in [1.165, 1.54) is 72.3 Å². The van der Waals surface area contributed by atoms with Gasteiger partial charge in [-0.1, -0.05) is 202 Å². The Hall–Kier alpha value is -7.22. The van der Waals surface area contributed by atoms with E-state index in [-0.39, 0.29) is 5.41 Å². The van der Waals surface area contributed by atoms with Crippen molar-refractivity contribution in [2.24, 2.45) is 0 Å². The molecule has 0 aromatic heterocycles. The zero-order valence-corrected chi connectivity index (χ0v) is 32.8. The van der Waals surface area contributed by atoms with Gasteiger partial charge in [0.15, 0.2) is 0 Å². The van der Waals surface area contributed by atoms with Crippen molar-refractivity contribution in [1.29, 1.82) is 0 Å². The molecule has 1 nitrogen and oxygen atoms in total. The smallest absolute Gasteiger partial charge is 0.0546 e. The lowest BCUT2D eigenvalue weighted by atomic mass is 9.82. The molecular weight excluding hydrogens is 699 g/mol. The number of anilines is 3. The van der Waals surface area contributed by atoms with E-state index in [2.05, 4.69) is 243 Å². The first kappa shape index (κ1) is 35.2. The Balaban J connectivity index is 1.24. The van der Waals surface area contributed by atoms with Crippen LogP contribution in [0.3, 0.4) is 0 Å². The number of rotatable bonds is 8. The predicted molar refractivity (Wildman–Crippen MR) is 246 cm³/mol. The molecule has 0 saturated heterocycles. The summed E-state index contributed by atoms with van der Waals surface area (Å²) in [6, 6.07) is 81.9. The highest BCUT2D eigenvalue weighted by Gasteiger charge is 2.36. The van der Waals surface area contributed by atoms with Crippen LogP contribution in [0.5, 0.6) is 0 Å². The lowest BCUT2D eigenvalue weighted by Crippen LogP contribution is -2.17. The van der Waals surface area contributed by atoms with Crippen LogP contribution in [0.4, 0.5) is 17.1 Å². The van der Waals surface area contributed by atoms with E-state index in [0.29, 0.717) is 0 Å². The molecule has 0 N–H and O–H groups in total. The molecule has 276 valence electrons. The van der Waals surface area contributed by atoms with Gasteiger partial charge in [0, 0.05) is 22.4 Å². The fraction of sp³-hybridized carbons (Fsp3) is 0.0526. The summed E-state index contributed by atoms with van der Waals surface area (Å²) in [6.45, 7) is 4.73. The second kappa shape index (κ2) is 14.7. The first-order valence-electron chi connectivity index (χ1n) is 20.2. The third kappa shape index (κ3) is 6.22. The summed E-state index contributed by atoms with van der Waals surface area (Å²) < 4.78 is 0. The van der Waals surface area contributed by atoms with Gasteiger partial charge in [-0.2, -0.15) is 0 Å². The molecular formula is C57H43N. The molecule has 58 heavy (non-hydrogen) atoms. The van der Waals surface area contributed by atoms with Crippen molar-refractivity contribution in [3.8, 4) is 66.8 Å². The molecule has 9 aromatic rings. The van der Waals surface area contributed by atoms with Crippen molar-refractivity contribution in [1.82, 2.24) is 0 Å². The lowest BCUT2D eigenvalue weighted by molar-refractivity contribution is 0.660. The van der Waals surface area contributed by atoms with E-state index in [4.69, 9.17) is 0 Å². The van der Waals surface area contributed by atoms with Gasteiger partial charge in [-0.05, 0) is 109 Å². The molecule has 0 fully saturated rings. The largest absolute Gasteiger partial charge is 0.310 e. The van der Waals surface area contributed by atoms with Crippen LogP contribution in [-0.2, 0) is 5.41 Å². The SMILES string of the molecule is CC1(C)c2ccccc2-c2ccc(N(c3ccc(-c4ccccc4)cc3)c3cccc(-c4ccccc4-c4ccccc4)c3-c3cccc(-c4ccccc4)c3)cc21. The van der Waals surface area contributed by atoms with Crippen LogP contribution in [0.2, 0.25) is 0 Å². The van der Waals surface area contributed by atoms with Crippen LogP contribution in [-0.4, -0.2) is 0 Å². The van der Waals surface area contributed by atoms with Gasteiger partial charge in [-0.3, -0.25) is 0 Å². The summed E-state index contributed by atoms with van der Waals surface area (Å²) in [4.78, 5) is 2.48. The first-order valence-corrected chi connectivity index (χ1v) is 20.2. The first-order chi connectivity index (χ1) is 28.5. The topological polar surface area (TPSA) is 3.24 Å². The maximum Gasteiger partial charge on any atom is 0.0546 e. The minimum absolute atomic E-state index is 0.145. The van der Waals surface area contributed by atoms with Gasteiger partial charge < -0.3 is 4.90 Å². The molecule has 1 aliphatic carbocycles. The monoisotopic (exact) mass is 741 g/mol. The van der Waals surface area contributed by atoms with Crippen molar-refractivity contribution in [2.45, 2.75) is 19.3 Å². The quantitative estimate of drug-likeness (QED) is 0.150. The van der Waals surface area contributed by atoms with Gasteiger partial charge in [0.05, 0.1) is 5.69 Å². The Labute approximate surface area is 342 Å². The second-order valence-corrected chi connectivity index (χ2v) is 15.7. The Morgan fingerprint density at radius 2 is 0.776 bits per heavy atom. The highest BCUT2D eigenvalue weighted by atomic mass is 15.1. The standard InChI is InChI=1S/C57H43N/c1-57(2)53-30-15-14-28-50(53)51-37-36-47(39-54(51)57)58(46-34-32-42(33-35-46)40-18-6-3-7-19-40)55-31-17-29-52(49-27-13-12-26-48(49)43-22-10-5-11-23-43)56(55)45-25-16-24-44(38-45)41-20-8-4-9-21-41/h3-39H,1-2H3. The molecule has 0 unspecified atom stereocenters. The van der Waals surface area contributed by atoms with Crippen LogP contribution in [0.25, 0.3) is 66.8 Å². The Kier molecular flexibility index (Phi) is 8.92. The van der Waals surface area contributed by atoms with Gasteiger partial charge in [0.1, 0.15) is 0 Å². The van der Waals surface area contributed by atoms with Crippen LogP contribution in [0, 0.1) is 0 Å². The molecule has 0 atom stereocenters. The van der Waals surface area contributed by atoms with E-state index in [1.54, 1.807) is 0 Å². The fourth-order valence-electron chi connectivity index (χ4n) is 9.02. The molecule has 0 aliphatic heterocycles. The number of fused-ring (bicyclic) bond motifs is 3. The van der Waals surface area contributed by atoms with Crippen molar-refractivity contribution in [3.05, 3.63) is 236 Å². The Morgan fingerprint density at radius 1 is 0.293 bits per heavy atom. The average molecular weight is 742 g/mol. The van der Waals surface area contributed by atoms with Crippen molar-refractivity contribution < 1.29 is 0 Å². The molecule has 1 heteroatoms. The van der Waals surface area contributed by atoms with E-state index in [9.17, 15) is 0 Å². The summed E-state index contributed by atoms with van der Waals surface area (Å²) in [6.07, 6.45) is 0. The lowest BCUT2D eigenvalue weighted by Gasteiger charge is -2.31. The van der Waals surface area contributed by atoms with Crippen LogP contribution < -0.4 is 4.90 Å². The third-order valence-corrected chi connectivity index (χ3v) is 11.9. The molecule has 0 bridgehead atoms. The van der Waals surface area contributed by atoms with Gasteiger partial charge >= 0.3 is 0 Å². The minimum Gasteiger partial charge on any atom is -0.310 e. The zero-order valence-electron chi connectivity index (χ0n) is 32.8. The van der Waals surface area contributed by atoms with E-state index >= 15 is 0 Å². The van der Waals surface area contributed by atoms with Gasteiger partial charge in [-0.25, -0.2) is 0 Å². The molecule has 10 rings (SSSR count). The molecule has 0 saturated carbocycles. The van der Waals surface area contributed by atoms with Crippen molar-refractivity contribution >= 4 is 17.1 Å². The predicted octanol–water partition coefficient (Wildman–Crippen LogP) is 15.8. The number of hydrogen-bond donors (Lipinski definition) is 0. The second-order valence-electron chi connectivity index (χ2n) is 15.7. The van der Waals surface area contributed by atoms with Crippen LogP contribution in [0.15, 0.2) is 224 Å². The van der Waals surface area contributed by atoms with Gasteiger partial charge in [-0.15, -0.1) is 0 Å². The molecule has 0 heterocycles. The van der Waals surface area contributed by atoms with Gasteiger partial charge in [0.25, 0.3) is 0 Å². The number of nitrogens with zero attached hydrogens (tertiary/aromatic N) is 1. The normalized spacial score (nSPS) is 12.4. The third-order valence-electron chi connectivity index (χ3n) is 11.9. The highest BCUT2D eigenvalue weighted by Crippen LogP contribution is 2.52. The fourth-order valence-corrected chi connectivity index (χ4v) is 9.02. The number of benzene rings is 9. The van der Waals surface area contributed by atoms with Crippen molar-refractivity contribution in [3.63, 3.8) is 0 Å². The van der Waals surface area contributed by atoms with Crippen molar-refractivity contribution in [2.75, 3.05) is 4.90 Å². The van der Waals surface area contributed by atoms with Gasteiger partial charge in [0.2, 0.25) is 0 Å². The summed E-state index contributed by atoms with van der Waals surface area (Å²) in [5, 5.41) is 0. The maximum absolute atomic E-state index is 2.48. The summed E-state index contributed by atoms with van der Waals surface area (Å²) in [7, 11) is 0. The average Bonchev–Trinajstić information content (AvgIpc) is 3.52. The van der Waals surface area contributed by atoms with Crippen LogP contribution in [0.1, 0.15) is 25.0 Å². The van der Waals surface area contributed by atoms with E-state index in [0.717, 1.165) is 22.6 Å². The Morgan fingerprint density at radius 3 is 1.48 bits per heavy atom. The molecule has 0 radical (unpaired) electrons. The molecule has 0 spiro atoms. The summed E-state index contributed by atoms with van der Waals surface area (Å²) >= 11 is 0. The number of hydrogen-bond acceptors (Lipinski definition) is 1. The molecule has 1 aliphatic rings. The van der Waals surface area contributed by atoms with Crippen LogP contribution >= 0.6 is 0 Å². The van der Waals surface area contributed by atoms with E-state index < -0.39 is 0 Å². The highest BCUT2D eigenvalue weighted by molar-refractivity contribution is 6.01. The van der Waals surface area contributed by atoms with E-state index in [1.807, 2.05) is 0 Å². The maximum atomic E-state index is 2.48. The molecule has 9 aromatic carbocycles. The Bertz CT molecular complexity index is 2890. The summed E-state index contributed by atoms with van der Waals surface area (Å²) in [5.41, 5.74) is 20.4. The minimum atomic E-state index is -0.145. The molecule has 0 amide bonds. The zero-order chi connectivity index (χ0) is 39.1.